The summed E-state index contributed by atoms with van der Waals surface area (Å²) in [6.07, 6.45) is 3.57. The molecule has 0 heterocycles. The van der Waals surface area contributed by atoms with Crippen molar-refractivity contribution < 1.29 is 14.3 Å². The van der Waals surface area contributed by atoms with E-state index in [0.717, 1.165) is 5.56 Å². The van der Waals surface area contributed by atoms with Gasteiger partial charge in [0.1, 0.15) is 5.82 Å². The fourth-order valence-corrected chi connectivity index (χ4v) is 1.82. The Morgan fingerprint density at radius 2 is 1.95 bits per heavy atom. The Balaban J connectivity index is 2.63. The molecule has 3 nitrogen and oxygen atoms in total. The average Bonchev–Trinajstić information content (AvgIpc) is 2.36. The zero-order valence-electron chi connectivity index (χ0n) is 12.2. The van der Waals surface area contributed by atoms with Crippen molar-refractivity contribution in [2.75, 3.05) is 6.61 Å². The first kappa shape index (κ1) is 16.4. The van der Waals surface area contributed by atoms with Crippen LogP contribution in [-0.4, -0.2) is 23.7 Å². The number of hydrogen-bond acceptors (Lipinski definition) is 2. The summed E-state index contributed by atoms with van der Waals surface area (Å²) in [5.41, 5.74) is 0.637. The molecule has 0 radical (unpaired) electrons. The maximum Gasteiger partial charge on any atom is 0.244 e. The monoisotopic (exact) mass is 279 g/mol. The molecule has 4 heteroatoms. The molecular weight excluding hydrogens is 257 g/mol. The normalized spacial score (nSPS) is 13.4. The first-order chi connectivity index (χ1) is 9.32. The molecule has 1 aromatic carbocycles. The Kier molecular flexibility index (Phi) is 5.89. The third-order valence-corrected chi connectivity index (χ3v) is 3.08. The molecule has 0 aliphatic carbocycles. The van der Waals surface area contributed by atoms with Gasteiger partial charge in [-0.25, -0.2) is 4.39 Å². The maximum absolute atomic E-state index is 12.7. The zero-order valence-corrected chi connectivity index (χ0v) is 12.2. The largest absolute Gasteiger partial charge is 0.396 e. The SMILES string of the molecule is CC(C)(C)C(CCO)NC(=O)/C=C/c1ccc(F)cc1. The molecule has 0 saturated carbocycles. The van der Waals surface area contributed by atoms with Crippen molar-refractivity contribution in [2.24, 2.45) is 5.41 Å². The van der Waals surface area contributed by atoms with Crippen LogP contribution in [-0.2, 0) is 4.79 Å². The van der Waals surface area contributed by atoms with Crippen molar-refractivity contribution in [3.8, 4) is 0 Å². The Hall–Kier alpha value is -1.68. The van der Waals surface area contributed by atoms with Gasteiger partial charge in [0.15, 0.2) is 0 Å². The van der Waals surface area contributed by atoms with Crippen LogP contribution in [0, 0.1) is 11.2 Å². The Labute approximate surface area is 119 Å². The van der Waals surface area contributed by atoms with Crippen LogP contribution in [0.1, 0.15) is 32.8 Å². The van der Waals surface area contributed by atoms with E-state index in [-0.39, 0.29) is 29.8 Å². The van der Waals surface area contributed by atoms with E-state index in [0.29, 0.717) is 6.42 Å². The summed E-state index contributed by atoms with van der Waals surface area (Å²) in [5, 5.41) is 11.9. The van der Waals surface area contributed by atoms with E-state index >= 15 is 0 Å². The van der Waals surface area contributed by atoms with E-state index in [1.165, 1.54) is 18.2 Å². The van der Waals surface area contributed by atoms with Gasteiger partial charge in [0, 0.05) is 18.7 Å². The minimum atomic E-state index is -0.303. The quantitative estimate of drug-likeness (QED) is 0.814. The van der Waals surface area contributed by atoms with Crippen molar-refractivity contribution in [3.63, 3.8) is 0 Å². The van der Waals surface area contributed by atoms with Crippen molar-refractivity contribution in [2.45, 2.75) is 33.2 Å². The third kappa shape index (κ3) is 5.53. The van der Waals surface area contributed by atoms with Crippen molar-refractivity contribution in [3.05, 3.63) is 41.7 Å². The van der Waals surface area contributed by atoms with E-state index < -0.39 is 0 Å². The summed E-state index contributed by atoms with van der Waals surface area (Å²) < 4.78 is 12.7. The van der Waals surface area contributed by atoms with Crippen LogP contribution in [0.15, 0.2) is 30.3 Å². The molecule has 20 heavy (non-hydrogen) atoms. The second kappa shape index (κ2) is 7.20. The topological polar surface area (TPSA) is 49.3 Å². The molecule has 1 atom stereocenters. The molecule has 0 spiro atoms. The highest BCUT2D eigenvalue weighted by molar-refractivity contribution is 5.91. The molecular formula is C16H22FNO2. The van der Waals surface area contributed by atoms with Gasteiger partial charge in [0.2, 0.25) is 5.91 Å². The first-order valence-corrected chi connectivity index (χ1v) is 6.68. The Morgan fingerprint density at radius 1 is 1.35 bits per heavy atom. The van der Waals surface area contributed by atoms with Crippen LogP contribution in [0.25, 0.3) is 6.08 Å². The number of aliphatic hydroxyl groups is 1. The van der Waals surface area contributed by atoms with E-state index in [4.69, 9.17) is 5.11 Å². The second-order valence-corrected chi connectivity index (χ2v) is 5.82. The number of hydrogen-bond donors (Lipinski definition) is 2. The maximum atomic E-state index is 12.7. The molecule has 0 aliphatic heterocycles. The van der Waals surface area contributed by atoms with Crippen LogP contribution < -0.4 is 5.32 Å². The summed E-state index contributed by atoms with van der Waals surface area (Å²) in [6.45, 7) is 6.07. The molecule has 0 saturated heterocycles. The van der Waals surface area contributed by atoms with Crippen LogP contribution in [0.2, 0.25) is 0 Å². The number of nitrogens with one attached hydrogen (secondary N) is 1. The number of aliphatic hydroxyl groups excluding tert-OH is 1. The van der Waals surface area contributed by atoms with Gasteiger partial charge < -0.3 is 10.4 Å². The van der Waals surface area contributed by atoms with E-state index in [1.807, 2.05) is 20.8 Å². The second-order valence-electron chi connectivity index (χ2n) is 5.82. The fraction of sp³-hybridized carbons (Fsp3) is 0.438. The van der Waals surface area contributed by atoms with Gasteiger partial charge in [-0.2, -0.15) is 0 Å². The number of carbonyl (C=O) groups is 1. The summed E-state index contributed by atoms with van der Waals surface area (Å²) in [6, 6.07) is 5.81. The molecule has 0 bridgehead atoms. The van der Waals surface area contributed by atoms with Gasteiger partial charge in [-0.15, -0.1) is 0 Å². The van der Waals surface area contributed by atoms with Crippen LogP contribution in [0.4, 0.5) is 4.39 Å². The molecule has 1 aromatic rings. The van der Waals surface area contributed by atoms with Crippen molar-refractivity contribution >= 4 is 12.0 Å². The molecule has 1 amide bonds. The van der Waals surface area contributed by atoms with E-state index in [1.54, 1.807) is 18.2 Å². The van der Waals surface area contributed by atoms with E-state index in [2.05, 4.69) is 5.32 Å². The number of rotatable bonds is 5. The Bertz CT molecular complexity index is 460. The third-order valence-electron chi connectivity index (χ3n) is 3.08. The lowest BCUT2D eigenvalue weighted by Gasteiger charge is -2.30. The van der Waals surface area contributed by atoms with Crippen LogP contribution in [0.5, 0.6) is 0 Å². The first-order valence-electron chi connectivity index (χ1n) is 6.68. The lowest BCUT2D eigenvalue weighted by Crippen LogP contribution is -2.43. The molecule has 0 aliphatic rings. The number of halogens is 1. The van der Waals surface area contributed by atoms with Gasteiger partial charge in [0.05, 0.1) is 0 Å². The summed E-state index contributed by atoms with van der Waals surface area (Å²) >= 11 is 0. The summed E-state index contributed by atoms with van der Waals surface area (Å²) in [4.78, 5) is 11.9. The van der Waals surface area contributed by atoms with Gasteiger partial charge in [-0.1, -0.05) is 32.9 Å². The van der Waals surface area contributed by atoms with Crippen molar-refractivity contribution in [1.82, 2.24) is 5.32 Å². The van der Waals surface area contributed by atoms with Crippen LogP contribution >= 0.6 is 0 Å². The molecule has 2 N–H and O–H groups in total. The predicted molar refractivity (Wildman–Crippen MR) is 78.5 cm³/mol. The van der Waals surface area contributed by atoms with Crippen LogP contribution in [0.3, 0.4) is 0 Å². The lowest BCUT2D eigenvalue weighted by molar-refractivity contribution is -0.118. The molecule has 1 rings (SSSR count). The highest BCUT2D eigenvalue weighted by Crippen LogP contribution is 2.21. The molecule has 1 unspecified atom stereocenters. The average molecular weight is 279 g/mol. The van der Waals surface area contributed by atoms with Gasteiger partial charge in [-0.3, -0.25) is 4.79 Å². The fourth-order valence-electron chi connectivity index (χ4n) is 1.82. The smallest absolute Gasteiger partial charge is 0.244 e. The predicted octanol–water partition coefficient (Wildman–Crippen LogP) is 2.75. The number of carbonyl (C=O) groups excluding carboxylic acids is 1. The summed E-state index contributed by atoms with van der Waals surface area (Å²) in [5.74, 6) is -0.523. The molecule has 0 aromatic heterocycles. The highest BCUT2D eigenvalue weighted by Gasteiger charge is 2.24. The zero-order chi connectivity index (χ0) is 15.2. The number of benzene rings is 1. The summed E-state index contributed by atoms with van der Waals surface area (Å²) in [7, 11) is 0. The van der Waals surface area contributed by atoms with Crippen molar-refractivity contribution in [1.29, 1.82) is 0 Å². The number of amides is 1. The molecule has 0 fully saturated rings. The highest BCUT2D eigenvalue weighted by atomic mass is 19.1. The van der Waals surface area contributed by atoms with Gasteiger partial charge in [-0.05, 0) is 35.6 Å². The minimum Gasteiger partial charge on any atom is -0.396 e. The minimum absolute atomic E-state index is 0.0316. The van der Waals surface area contributed by atoms with Gasteiger partial charge >= 0.3 is 0 Å². The Morgan fingerprint density at radius 3 is 2.45 bits per heavy atom. The van der Waals surface area contributed by atoms with E-state index in [9.17, 15) is 9.18 Å². The lowest BCUT2D eigenvalue weighted by atomic mass is 9.85. The molecule has 110 valence electrons. The standard InChI is InChI=1S/C16H22FNO2/c1-16(2,3)14(10-11-19)18-15(20)9-6-12-4-7-13(17)8-5-12/h4-9,14,19H,10-11H2,1-3H3,(H,18,20)/b9-6+. The van der Waals surface area contributed by atoms with Gasteiger partial charge in [0.25, 0.3) is 0 Å².